The molecule has 0 saturated carbocycles. The molecular formula is C21H28N2O4S. The first-order valence-corrected chi connectivity index (χ1v) is 11.0. The van der Waals surface area contributed by atoms with Crippen LogP contribution in [0.5, 0.6) is 0 Å². The molecule has 1 aromatic carbocycles. The summed E-state index contributed by atoms with van der Waals surface area (Å²) in [6, 6.07) is 9.72. The fourth-order valence-corrected chi connectivity index (χ4v) is 4.15. The smallest absolute Gasteiger partial charge is 0.233 e. The van der Waals surface area contributed by atoms with E-state index in [-0.39, 0.29) is 17.9 Å². The largest absolute Gasteiger partial charge is 0.459 e. The molecule has 0 aliphatic carbocycles. The Labute approximate surface area is 170 Å². The highest BCUT2D eigenvalue weighted by atomic mass is 32.2. The molecule has 152 valence electrons. The van der Waals surface area contributed by atoms with E-state index in [0.29, 0.717) is 44.4 Å². The summed E-state index contributed by atoms with van der Waals surface area (Å²) in [6.07, 6.45) is 0.869. The fourth-order valence-electron chi connectivity index (χ4n) is 3.35. The van der Waals surface area contributed by atoms with Gasteiger partial charge in [0.15, 0.2) is 0 Å². The van der Waals surface area contributed by atoms with E-state index in [4.69, 9.17) is 9.15 Å². The minimum atomic E-state index is -0.143. The molecule has 3 rings (SSSR count). The quantitative estimate of drug-likeness (QED) is 0.675. The summed E-state index contributed by atoms with van der Waals surface area (Å²) in [5.41, 5.74) is 0.832. The second-order valence-corrected chi connectivity index (χ2v) is 7.92. The van der Waals surface area contributed by atoms with Crippen LogP contribution in [0.25, 0.3) is 11.0 Å². The van der Waals surface area contributed by atoms with Crippen LogP contribution in [-0.2, 0) is 14.3 Å². The number of nitrogens with zero attached hydrogens (tertiary/aromatic N) is 2. The molecule has 1 unspecified atom stereocenters. The molecule has 28 heavy (non-hydrogen) atoms. The summed E-state index contributed by atoms with van der Waals surface area (Å²) in [5.74, 6) is 1.52. The van der Waals surface area contributed by atoms with E-state index in [9.17, 15) is 9.59 Å². The van der Waals surface area contributed by atoms with Gasteiger partial charge in [-0.2, -0.15) is 0 Å². The highest BCUT2D eigenvalue weighted by Gasteiger charge is 2.24. The van der Waals surface area contributed by atoms with E-state index in [1.807, 2.05) is 47.1 Å². The molecule has 1 aliphatic rings. The minimum absolute atomic E-state index is 0.0367. The first kappa shape index (κ1) is 20.7. The molecule has 1 aromatic heterocycles. The predicted molar refractivity (Wildman–Crippen MR) is 111 cm³/mol. The maximum absolute atomic E-state index is 12.8. The van der Waals surface area contributed by atoms with Gasteiger partial charge in [-0.15, -0.1) is 11.8 Å². The van der Waals surface area contributed by atoms with Crippen molar-refractivity contribution in [1.29, 1.82) is 0 Å². The number of carbonyl (C=O) groups excluding carboxylic acids is 2. The normalized spacial score (nSPS) is 15.6. The van der Waals surface area contributed by atoms with Gasteiger partial charge in [0.1, 0.15) is 11.3 Å². The summed E-state index contributed by atoms with van der Waals surface area (Å²) in [5, 5.41) is 1.04. The Kier molecular flexibility index (Phi) is 7.39. The third kappa shape index (κ3) is 5.08. The van der Waals surface area contributed by atoms with Crippen molar-refractivity contribution < 1.29 is 18.7 Å². The van der Waals surface area contributed by atoms with Crippen LogP contribution in [0.1, 0.15) is 32.1 Å². The zero-order chi connectivity index (χ0) is 19.9. The van der Waals surface area contributed by atoms with Gasteiger partial charge in [-0.25, -0.2) is 0 Å². The van der Waals surface area contributed by atoms with E-state index in [1.165, 1.54) is 11.8 Å². The zero-order valence-corrected chi connectivity index (χ0v) is 17.4. The number of furan rings is 1. The maximum Gasteiger partial charge on any atom is 0.233 e. The number of ether oxygens (including phenoxy) is 1. The number of hydrogen-bond acceptors (Lipinski definition) is 5. The Morgan fingerprint density at radius 2 is 1.96 bits per heavy atom. The van der Waals surface area contributed by atoms with Gasteiger partial charge in [0.05, 0.1) is 30.8 Å². The molecule has 0 radical (unpaired) electrons. The van der Waals surface area contributed by atoms with Crippen molar-refractivity contribution in [2.45, 2.75) is 26.3 Å². The second kappa shape index (κ2) is 9.98. The first-order chi connectivity index (χ1) is 13.6. The van der Waals surface area contributed by atoms with Crippen LogP contribution in [-0.4, -0.2) is 66.0 Å². The van der Waals surface area contributed by atoms with Gasteiger partial charge in [-0.3, -0.25) is 9.59 Å². The Morgan fingerprint density at radius 3 is 2.68 bits per heavy atom. The maximum atomic E-state index is 12.8. The number of benzene rings is 1. The van der Waals surface area contributed by atoms with Crippen molar-refractivity contribution >= 4 is 34.5 Å². The van der Waals surface area contributed by atoms with Gasteiger partial charge in [0.2, 0.25) is 11.8 Å². The van der Waals surface area contributed by atoms with Crippen molar-refractivity contribution in [2.24, 2.45) is 0 Å². The van der Waals surface area contributed by atoms with Crippen molar-refractivity contribution in [2.75, 3.05) is 44.4 Å². The number of para-hydroxylation sites is 1. The molecule has 2 heterocycles. The van der Waals surface area contributed by atoms with Crippen LogP contribution in [0.3, 0.4) is 0 Å². The van der Waals surface area contributed by atoms with Crippen LogP contribution in [0.15, 0.2) is 34.7 Å². The molecule has 6 nitrogen and oxygen atoms in total. The average Bonchev–Trinajstić information content (AvgIpc) is 3.16. The number of amides is 2. The molecule has 1 fully saturated rings. The Balaban J connectivity index is 1.57. The molecular weight excluding hydrogens is 376 g/mol. The Hall–Kier alpha value is -1.99. The fraction of sp³-hybridized carbons (Fsp3) is 0.524. The zero-order valence-electron chi connectivity index (χ0n) is 16.6. The number of carbonyl (C=O) groups is 2. The monoisotopic (exact) mass is 404 g/mol. The molecule has 2 amide bonds. The third-order valence-electron chi connectivity index (χ3n) is 4.92. The van der Waals surface area contributed by atoms with E-state index >= 15 is 0 Å². The molecule has 0 spiro atoms. The summed E-state index contributed by atoms with van der Waals surface area (Å²) < 4.78 is 11.2. The number of thioether (sulfide) groups is 1. The van der Waals surface area contributed by atoms with Gasteiger partial charge in [0.25, 0.3) is 0 Å². The number of morpholine rings is 1. The van der Waals surface area contributed by atoms with E-state index < -0.39 is 0 Å². The molecule has 2 aromatic rings. The molecule has 1 aliphatic heterocycles. The van der Waals surface area contributed by atoms with Crippen molar-refractivity contribution in [3.63, 3.8) is 0 Å². The summed E-state index contributed by atoms with van der Waals surface area (Å²) in [6.45, 7) is 7.17. The lowest BCUT2D eigenvalue weighted by Crippen LogP contribution is -2.42. The number of hydrogen-bond donors (Lipinski definition) is 0. The lowest BCUT2D eigenvalue weighted by atomic mass is 10.2. The molecule has 7 heteroatoms. The average molecular weight is 405 g/mol. The van der Waals surface area contributed by atoms with Crippen molar-refractivity contribution in [1.82, 2.24) is 9.80 Å². The van der Waals surface area contributed by atoms with Gasteiger partial charge in [-0.05, 0) is 25.5 Å². The van der Waals surface area contributed by atoms with Crippen LogP contribution in [0.2, 0.25) is 0 Å². The van der Waals surface area contributed by atoms with Gasteiger partial charge < -0.3 is 19.0 Å². The second-order valence-electron chi connectivity index (χ2n) is 6.94. The van der Waals surface area contributed by atoms with Gasteiger partial charge in [0, 0.05) is 25.0 Å². The SMILES string of the molecule is CCCN(C(=O)CSCC(=O)N1CCOCC1)C(C)c1cc2ccccc2o1. The van der Waals surface area contributed by atoms with Crippen molar-refractivity contribution in [3.8, 4) is 0 Å². The highest BCUT2D eigenvalue weighted by Crippen LogP contribution is 2.28. The molecule has 1 saturated heterocycles. The van der Waals surface area contributed by atoms with Crippen molar-refractivity contribution in [3.05, 3.63) is 36.1 Å². The Bertz CT molecular complexity index is 768. The number of fused-ring (bicyclic) bond motifs is 1. The predicted octanol–water partition coefficient (Wildman–Crippen LogP) is 3.32. The standard InChI is InChI=1S/C21H28N2O4S/c1-3-8-23(16(2)19-13-17-6-4-5-7-18(17)27-19)21(25)15-28-14-20(24)22-9-11-26-12-10-22/h4-7,13,16H,3,8-12,14-15H2,1-2H3. The van der Waals surface area contributed by atoms with E-state index in [2.05, 4.69) is 6.92 Å². The Morgan fingerprint density at radius 1 is 1.21 bits per heavy atom. The van der Waals surface area contributed by atoms with Gasteiger partial charge >= 0.3 is 0 Å². The van der Waals surface area contributed by atoms with Crippen LogP contribution >= 0.6 is 11.8 Å². The van der Waals surface area contributed by atoms with Crippen LogP contribution in [0.4, 0.5) is 0 Å². The summed E-state index contributed by atoms with van der Waals surface area (Å²) in [7, 11) is 0. The summed E-state index contributed by atoms with van der Waals surface area (Å²) >= 11 is 1.38. The summed E-state index contributed by atoms with van der Waals surface area (Å²) in [4.78, 5) is 28.7. The molecule has 0 N–H and O–H groups in total. The topological polar surface area (TPSA) is 63.0 Å². The lowest BCUT2D eigenvalue weighted by molar-refractivity contribution is -0.132. The molecule has 0 bridgehead atoms. The van der Waals surface area contributed by atoms with Gasteiger partial charge in [-0.1, -0.05) is 25.1 Å². The van der Waals surface area contributed by atoms with E-state index in [0.717, 1.165) is 23.2 Å². The van der Waals surface area contributed by atoms with Crippen LogP contribution < -0.4 is 0 Å². The highest BCUT2D eigenvalue weighted by molar-refractivity contribution is 8.00. The lowest BCUT2D eigenvalue weighted by Gasteiger charge is -2.28. The van der Waals surface area contributed by atoms with Crippen LogP contribution in [0, 0.1) is 0 Å². The molecule has 1 atom stereocenters. The first-order valence-electron chi connectivity index (χ1n) is 9.81. The third-order valence-corrected chi connectivity index (χ3v) is 5.83. The minimum Gasteiger partial charge on any atom is -0.459 e. The number of rotatable bonds is 8. The van der Waals surface area contributed by atoms with E-state index in [1.54, 1.807) is 0 Å².